The SMILES string of the molecule is C=C(/C=C/C(=C\C=NC)C(F)(F)F)NC1=CC(C(=N)/C=C\C(=N)SC)=C(C)N(C)C1. The molecule has 1 aliphatic rings. The third kappa shape index (κ3) is 7.90. The molecule has 0 bridgehead atoms. The fraction of sp³-hybridized carbons (Fsp3) is 0.286. The van der Waals surface area contributed by atoms with Gasteiger partial charge in [0.2, 0.25) is 0 Å². The molecule has 3 N–H and O–H groups in total. The molecule has 0 aromatic heterocycles. The Labute approximate surface area is 179 Å². The van der Waals surface area contributed by atoms with Gasteiger partial charge in [0.25, 0.3) is 0 Å². The summed E-state index contributed by atoms with van der Waals surface area (Å²) in [5.74, 6) is 0. The lowest BCUT2D eigenvalue weighted by molar-refractivity contribution is -0.0880. The topological polar surface area (TPSA) is 75.3 Å². The van der Waals surface area contributed by atoms with Crippen molar-refractivity contribution in [1.82, 2.24) is 10.2 Å². The van der Waals surface area contributed by atoms with E-state index in [0.29, 0.717) is 22.9 Å². The van der Waals surface area contributed by atoms with Crippen molar-refractivity contribution >= 4 is 28.7 Å². The number of aliphatic imine (C=N–C) groups is 1. The molecule has 0 spiro atoms. The van der Waals surface area contributed by atoms with E-state index in [1.807, 2.05) is 18.9 Å². The number of nitrogens with one attached hydrogen (secondary N) is 3. The molecule has 0 fully saturated rings. The number of likely N-dealkylation sites (N-methyl/N-ethyl adjacent to an activating group) is 1. The average Bonchev–Trinajstić information content (AvgIpc) is 2.67. The van der Waals surface area contributed by atoms with Crippen molar-refractivity contribution in [3.05, 3.63) is 71.3 Å². The summed E-state index contributed by atoms with van der Waals surface area (Å²) >= 11 is 1.27. The molecule has 9 heteroatoms. The van der Waals surface area contributed by atoms with Crippen LogP contribution in [0.4, 0.5) is 13.2 Å². The monoisotopic (exact) mass is 437 g/mol. The van der Waals surface area contributed by atoms with Crippen LogP contribution in [0.2, 0.25) is 0 Å². The van der Waals surface area contributed by atoms with E-state index in [0.717, 1.165) is 24.1 Å². The third-order valence-corrected chi connectivity index (χ3v) is 4.69. The Hall–Kier alpha value is -2.81. The summed E-state index contributed by atoms with van der Waals surface area (Å²) in [6, 6.07) is 0. The van der Waals surface area contributed by atoms with Crippen LogP contribution in [0.5, 0.6) is 0 Å². The zero-order valence-electron chi connectivity index (χ0n) is 17.4. The number of allylic oxidation sites excluding steroid dienone is 8. The highest BCUT2D eigenvalue weighted by Gasteiger charge is 2.31. The fourth-order valence-corrected chi connectivity index (χ4v) is 2.61. The highest BCUT2D eigenvalue weighted by Crippen LogP contribution is 2.26. The van der Waals surface area contributed by atoms with Crippen molar-refractivity contribution in [2.24, 2.45) is 4.99 Å². The number of hydrogen-bond donors (Lipinski definition) is 3. The van der Waals surface area contributed by atoms with Gasteiger partial charge in [0.15, 0.2) is 0 Å². The van der Waals surface area contributed by atoms with E-state index < -0.39 is 11.7 Å². The molecule has 0 atom stereocenters. The van der Waals surface area contributed by atoms with Crippen LogP contribution in [0.15, 0.2) is 76.3 Å². The number of hydrogen-bond acceptors (Lipinski definition) is 6. The summed E-state index contributed by atoms with van der Waals surface area (Å²) < 4.78 is 39.1. The van der Waals surface area contributed by atoms with Gasteiger partial charge in [-0.2, -0.15) is 13.2 Å². The summed E-state index contributed by atoms with van der Waals surface area (Å²) in [7, 11) is 3.25. The Bertz CT molecular complexity index is 874. The van der Waals surface area contributed by atoms with Gasteiger partial charge in [-0.25, -0.2) is 0 Å². The van der Waals surface area contributed by atoms with Gasteiger partial charge in [-0.05, 0) is 49.6 Å². The maximum atomic E-state index is 13.0. The van der Waals surface area contributed by atoms with Crippen molar-refractivity contribution < 1.29 is 13.2 Å². The van der Waals surface area contributed by atoms with Crippen LogP contribution in [0, 0.1) is 10.8 Å². The standard InChI is InChI=1S/C21H26F3N5S/c1-14(6-7-16(10-11-27-3)21(22,23)24)28-17-12-18(15(2)29(4)13-17)19(25)8-9-20(26)30-5/h6-12,25-26,28H,1,13H2,2-5H3/b7-6+,9-8-,16-10+,25-19?,26-20?,27-11?. The minimum Gasteiger partial charge on any atom is -0.372 e. The largest absolute Gasteiger partial charge is 0.416 e. The van der Waals surface area contributed by atoms with Crippen molar-refractivity contribution in [3.63, 3.8) is 0 Å². The van der Waals surface area contributed by atoms with E-state index >= 15 is 0 Å². The van der Waals surface area contributed by atoms with Crippen LogP contribution in [0.25, 0.3) is 0 Å². The van der Waals surface area contributed by atoms with Crippen LogP contribution in [0.3, 0.4) is 0 Å². The molecule has 0 saturated heterocycles. The van der Waals surface area contributed by atoms with Gasteiger partial charge in [0.1, 0.15) is 0 Å². The lowest BCUT2D eigenvalue weighted by Gasteiger charge is -2.29. The highest BCUT2D eigenvalue weighted by atomic mass is 32.2. The van der Waals surface area contributed by atoms with Crippen molar-refractivity contribution in [2.75, 3.05) is 26.9 Å². The predicted molar refractivity (Wildman–Crippen MR) is 121 cm³/mol. The van der Waals surface area contributed by atoms with Crippen LogP contribution < -0.4 is 5.32 Å². The molecule has 0 aliphatic carbocycles. The lowest BCUT2D eigenvalue weighted by Crippen LogP contribution is -2.30. The van der Waals surface area contributed by atoms with Crippen molar-refractivity contribution in [2.45, 2.75) is 13.1 Å². The first-order chi connectivity index (χ1) is 14.0. The summed E-state index contributed by atoms with van der Waals surface area (Å²) in [5.41, 5.74) is 1.91. The first-order valence-electron chi connectivity index (χ1n) is 8.85. The van der Waals surface area contributed by atoms with E-state index in [2.05, 4.69) is 16.9 Å². The molecule has 0 aromatic carbocycles. The van der Waals surface area contributed by atoms with E-state index in [-0.39, 0.29) is 11.4 Å². The Morgan fingerprint density at radius 2 is 1.93 bits per heavy atom. The normalized spacial score (nSPS) is 16.0. The van der Waals surface area contributed by atoms with Gasteiger partial charge in [0, 0.05) is 43.0 Å². The Kier molecular flexibility index (Phi) is 9.58. The van der Waals surface area contributed by atoms with E-state index in [4.69, 9.17) is 10.8 Å². The van der Waals surface area contributed by atoms with E-state index in [9.17, 15) is 13.2 Å². The average molecular weight is 438 g/mol. The second-order valence-electron chi connectivity index (χ2n) is 6.35. The quantitative estimate of drug-likeness (QED) is 0.289. The number of halogens is 3. The molecule has 0 radical (unpaired) electrons. The van der Waals surface area contributed by atoms with Crippen molar-refractivity contribution in [1.29, 1.82) is 10.8 Å². The maximum absolute atomic E-state index is 13.0. The minimum absolute atomic E-state index is 0.236. The van der Waals surface area contributed by atoms with Gasteiger partial charge in [0.05, 0.1) is 22.9 Å². The van der Waals surface area contributed by atoms with Crippen LogP contribution in [-0.4, -0.2) is 54.9 Å². The molecule has 162 valence electrons. The zero-order chi connectivity index (χ0) is 22.9. The molecular weight excluding hydrogens is 411 g/mol. The van der Waals surface area contributed by atoms with Gasteiger partial charge in [-0.1, -0.05) is 6.58 Å². The third-order valence-electron chi connectivity index (χ3n) is 4.12. The summed E-state index contributed by atoms with van der Waals surface area (Å²) in [5, 5.41) is 19.3. The Balaban J connectivity index is 3.01. The highest BCUT2D eigenvalue weighted by molar-refractivity contribution is 8.13. The Morgan fingerprint density at radius 1 is 1.27 bits per heavy atom. The zero-order valence-corrected chi connectivity index (χ0v) is 18.2. The molecule has 0 saturated carbocycles. The van der Waals surface area contributed by atoms with Gasteiger partial charge >= 0.3 is 6.18 Å². The van der Waals surface area contributed by atoms with Gasteiger partial charge < -0.3 is 15.6 Å². The number of rotatable bonds is 8. The smallest absolute Gasteiger partial charge is 0.372 e. The van der Waals surface area contributed by atoms with Gasteiger partial charge in [-0.15, -0.1) is 11.8 Å². The lowest BCUT2D eigenvalue weighted by atomic mass is 10.0. The molecule has 1 rings (SSSR count). The maximum Gasteiger partial charge on any atom is 0.416 e. The molecule has 5 nitrogen and oxygen atoms in total. The fourth-order valence-electron chi connectivity index (χ4n) is 2.41. The molecule has 0 unspecified atom stereocenters. The molecule has 30 heavy (non-hydrogen) atoms. The second-order valence-corrected chi connectivity index (χ2v) is 7.20. The molecule has 0 aromatic rings. The van der Waals surface area contributed by atoms with Gasteiger partial charge in [-0.3, -0.25) is 10.4 Å². The predicted octanol–water partition coefficient (Wildman–Crippen LogP) is 4.85. The molecule has 1 heterocycles. The molecular formula is C21H26F3N5S. The number of thioether (sulfide) groups is 1. The second kappa shape index (κ2) is 11.4. The van der Waals surface area contributed by atoms with E-state index in [1.165, 1.54) is 24.9 Å². The van der Waals surface area contributed by atoms with Crippen LogP contribution in [0.1, 0.15) is 6.92 Å². The van der Waals surface area contributed by atoms with Crippen LogP contribution in [-0.2, 0) is 0 Å². The summed E-state index contributed by atoms with van der Waals surface area (Å²) in [4.78, 5) is 5.47. The number of nitrogens with zero attached hydrogens (tertiary/aromatic N) is 2. The van der Waals surface area contributed by atoms with Crippen molar-refractivity contribution in [3.8, 4) is 0 Å². The number of alkyl halides is 3. The first kappa shape index (κ1) is 25.2. The Morgan fingerprint density at radius 3 is 2.50 bits per heavy atom. The van der Waals surface area contributed by atoms with Crippen LogP contribution >= 0.6 is 11.8 Å². The summed E-state index contributed by atoms with van der Waals surface area (Å²) in [6.07, 6.45) is 6.31. The summed E-state index contributed by atoms with van der Waals surface area (Å²) in [6.45, 7) is 6.14. The molecule has 1 aliphatic heterocycles. The minimum atomic E-state index is -4.50. The molecule has 0 amide bonds. The first-order valence-corrected chi connectivity index (χ1v) is 10.1. The van der Waals surface area contributed by atoms with E-state index in [1.54, 1.807) is 24.5 Å².